The Morgan fingerprint density at radius 1 is 1.15 bits per heavy atom. The lowest BCUT2D eigenvalue weighted by atomic mass is 10.2. The number of hydrogen-bond donors (Lipinski definition) is 1. The lowest BCUT2D eigenvalue weighted by Gasteiger charge is -2.17. The molecule has 2 rings (SSSR count). The van der Waals surface area contributed by atoms with Crippen molar-refractivity contribution in [1.29, 1.82) is 0 Å². The van der Waals surface area contributed by atoms with Crippen molar-refractivity contribution in [2.24, 2.45) is 0 Å². The van der Waals surface area contributed by atoms with E-state index >= 15 is 0 Å². The highest BCUT2D eigenvalue weighted by atomic mass is 79.9. The van der Waals surface area contributed by atoms with Crippen LogP contribution >= 0.6 is 15.9 Å². The standard InChI is InChI=1S/C20H27BrN2O3/c1-4-24-18-12-16(17(21)13-19(18)26-15(2)3)14-22-9-7-11-25-20-8-5-6-10-23-20/h5-6,8,10,12-13,15,22H,4,7,9,11,14H2,1-3H3. The van der Waals surface area contributed by atoms with Gasteiger partial charge in [0.1, 0.15) is 0 Å². The van der Waals surface area contributed by atoms with Gasteiger partial charge in [0, 0.05) is 23.3 Å². The molecule has 2 aromatic rings. The molecule has 0 atom stereocenters. The third-order valence-corrected chi connectivity index (χ3v) is 4.21. The second kappa shape index (κ2) is 11.0. The first kappa shape index (κ1) is 20.5. The summed E-state index contributed by atoms with van der Waals surface area (Å²) in [7, 11) is 0. The molecule has 0 aliphatic carbocycles. The first-order valence-corrected chi connectivity index (χ1v) is 9.76. The molecule has 1 heterocycles. The van der Waals surface area contributed by atoms with Crippen LogP contribution in [0.1, 0.15) is 32.8 Å². The molecular weight excluding hydrogens is 396 g/mol. The highest BCUT2D eigenvalue weighted by molar-refractivity contribution is 9.10. The van der Waals surface area contributed by atoms with Crippen LogP contribution in [0, 0.1) is 0 Å². The Morgan fingerprint density at radius 2 is 2.00 bits per heavy atom. The van der Waals surface area contributed by atoms with Crippen molar-refractivity contribution >= 4 is 15.9 Å². The molecular formula is C20H27BrN2O3. The van der Waals surface area contributed by atoms with Gasteiger partial charge in [-0.1, -0.05) is 22.0 Å². The maximum atomic E-state index is 5.84. The van der Waals surface area contributed by atoms with Gasteiger partial charge in [0.15, 0.2) is 11.5 Å². The summed E-state index contributed by atoms with van der Waals surface area (Å²) in [5.74, 6) is 2.21. The van der Waals surface area contributed by atoms with E-state index in [0.717, 1.165) is 41.0 Å². The van der Waals surface area contributed by atoms with Gasteiger partial charge in [0.05, 0.1) is 19.3 Å². The number of rotatable bonds is 11. The Balaban J connectivity index is 1.81. The smallest absolute Gasteiger partial charge is 0.213 e. The minimum absolute atomic E-state index is 0.101. The van der Waals surface area contributed by atoms with Crippen LogP contribution in [0.15, 0.2) is 41.0 Å². The van der Waals surface area contributed by atoms with E-state index in [0.29, 0.717) is 19.1 Å². The Bertz CT molecular complexity index is 666. The summed E-state index contributed by atoms with van der Waals surface area (Å²) < 4.78 is 18.2. The second-order valence-corrected chi connectivity index (χ2v) is 6.89. The van der Waals surface area contributed by atoms with E-state index in [1.165, 1.54) is 0 Å². The number of nitrogens with zero attached hydrogens (tertiary/aromatic N) is 1. The molecule has 0 aliphatic rings. The van der Waals surface area contributed by atoms with E-state index in [1.54, 1.807) is 6.20 Å². The third kappa shape index (κ3) is 6.84. The van der Waals surface area contributed by atoms with E-state index in [4.69, 9.17) is 14.2 Å². The van der Waals surface area contributed by atoms with Gasteiger partial charge in [-0.15, -0.1) is 0 Å². The van der Waals surface area contributed by atoms with Gasteiger partial charge >= 0.3 is 0 Å². The molecule has 142 valence electrons. The predicted octanol–water partition coefficient (Wildman–Crippen LogP) is 4.59. The molecule has 1 aromatic carbocycles. The van der Waals surface area contributed by atoms with Crippen LogP contribution in [0.5, 0.6) is 17.4 Å². The topological polar surface area (TPSA) is 52.6 Å². The first-order chi connectivity index (χ1) is 12.6. The zero-order valence-corrected chi connectivity index (χ0v) is 17.2. The van der Waals surface area contributed by atoms with Gasteiger partial charge in [0.2, 0.25) is 5.88 Å². The summed E-state index contributed by atoms with van der Waals surface area (Å²) in [6, 6.07) is 9.66. The van der Waals surface area contributed by atoms with Gasteiger partial charge in [-0.3, -0.25) is 0 Å². The maximum Gasteiger partial charge on any atom is 0.213 e. The fraction of sp³-hybridized carbons (Fsp3) is 0.450. The third-order valence-electron chi connectivity index (χ3n) is 3.48. The minimum atomic E-state index is 0.101. The Hall–Kier alpha value is -1.79. The largest absolute Gasteiger partial charge is 0.490 e. The lowest BCUT2D eigenvalue weighted by Crippen LogP contribution is -2.17. The van der Waals surface area contributed by atoms with Crippen molar-refractivity contribution in [3.8, 4) is 17.4 Å². The summed E-state index contributed by atoms with van der Waals surface area (Å²) in [5, 5.41) is 3.43. The molecule has 6 heteroatoms. The van der Waals surface area contributed by atoms with Crippen molar-refractivity contribution < 1.29 is 14.2 Å². The molecule has 26 heavy (non-hydrogen) atoms. The molecule has 0 aliphatic heterocycles. The van der Waals surface area contributed by atoms with Crippen LogP contribution in [0.4, 0.5) is 0 Å². The van der Waals surface area contributed by atoms with E-state index in [-0.39, 0.29) is 6.10 Å². The minimum Gasteiger partial charge on any atom is -0.490 e. The van der Waals surface area contributed by atoms with Gasteiger partial charge in [0.25, 0.3) is 0 Å². The highest BCUT2D eigenvalue weighted by Gasteiger charge is 2.12. The monoisotopic (exact) mass is 422 g/mol. The molecule has 0 saturated carbocycles. The highest BCUT2D eigenvalue weighted by Crippen LogP contribution is 2.34. The van der Waals surface area contributed by atoms with Crippen LogP contribution in [-0.2, 0) is 6.54 Å². The number of hydrogen-bond acceptors (Lipinski definition) is 5. The van der Waals surface area contributed by atoms with Crippen LogP contribution in [0.3, 0.4) is 0 Å². The summed E-state index contributed by atoms with van der Waals surface area (Å²) in [6.07, 6.45) is 2.73. The van der Waals surface area contributed by atoms with E-state index in [1.807, 2.05) is 51.1 Å². The molecule has 1 N–H and O–H groups in total. The molecule has 0 bridgehead atoms. The fourth-order valence-corrected chi connectivity index (χ4v) is 2.82. The van der Waals surface area contributed by atoms with Gasteiger partial charge < -0.3 is 19.5 Å². The van der Waals surface area contributed by atoms with Crippen molar-refractivity contribution in [1.82, 2.24) is 10.3 Å². The summed E-state index contributed by atoms with van der Waals surface area (Å²) in [4.78, 5) is 4.14. The number of benzene rings is 1. The fourth-order valence-electron chi connectivity index (χ4n) is 2.36. The summed E-state index contributed by atoms with van der Waals surface area (Å²) in [6.45, 7) is 8.82. The van der Waals surface area contributed by atoms with Gasteiger partial charge in [-0.05, 0) is 57.5 Å². The molecule has 0 radical (unpaired) electrons. The van der Waals surface area contributed by atoms with Gasteiger partial charge in [-0.2, -0.15) is 0 Å². The maximum absolute atomic E-state index is 5.84. The van der Waals surface area contributed by atoms with Crippen LogP contribution < -0.4 is 19.5 Å². The van der Waals surface area contributed by atoms with E-state index in [9.17, 15) is 0 Å². The first-order valence-electron chi connectivity index (χ1n) is 8.96. The molecule has 1 aromatic heterocycles. The lowest BCUT2D eigenvalue weighted by molar-refractivity contribution is 0.223. The van der Waals surface area contributed by atoms with Crippen molar-refractivity contribution in [2.45, 2.75) is 39.8 Å². The number of halogens is 1. The average molecular weight is 423 g/mol. The van der Waals surface area contributed by atoms with Gasteiger partial charge in [-0.25, -0.2) is 4.98 Å². The molecule has 0 unspecified atom stereocenters. The molecule has 0 spiro atoms. The SMILES string of the molecule is CCOc1cc(CNCCCOc2ccccn2)c(Br)cc1OC(C)C. The Morgan fingerprint density at radius 3 is 2.69 bits per heavy atom. The Labute approximate surface area is 164 Å². The number of ether oxygens (including phenoxy) is 3. The van der Waals surface area contributed by atoms with Crippen molar-refractivity contribution in [2.75, 3.05) is 19.8 Å². The zero-order chi connectivity index (χ0) is 18.8. The van der Waals surface area contributed by atoms with E-state index in [2.05, 4.69) is 26.2 Å². The quantitative estimate of drug-likeness (QED) is 0.536. The number of aromatic nitrogens is 1. The number of nitrogens with one attached hydrogen (secondary N) is 1. The zero-order valence-electron chi connectivity index (χ0n) is 15.6. The van der Waals surface area contributed by atoms with Crippen LogP contribution in [0.25, 0.3) is 0 Å². The average Bonchev–Trinajstić information content (AvgIpc) is 2.62. The predicted molar refractivity (Wildman–Crippen MR) is 107 cm³/mol. The van der Waals surface area contributed by atoms with E-state index < -0.39 is 0 Å². The summed E-state index contributed by atoms with van der Waals surface area (Å²) >= 11 is 3.63. The Kier molecular flexibility index (Phi) is 8.71. The second-order valence-electron chi connectivity index (χ2n) is 6.04. The van der Waals surface area contributed by atoms with Crippen LogP contribution in [0.2, 0.25) is 0 Å². The van der Waals surface area contributed by atoms with Crippen LogP contribution in [-0.4, -0.2) is 30.8 Å². The molecule has 5 nitrogen and oxygen atoms in total. The molecule has 0 amide bonds. The normalized spacial score (nSPS) is 10.8. The summed E-state index contributed by atoms with van der Waals surface area (Å²) in [5.41, 5.74) is 1.13. The number of pyridine rings is 1. The van der Waals surface area contributed by atoms with Crippen molar-refractivity contribution in [3.63, 3.8) is 0 Å². The molecule has 0 saturated heterocycles. The van der Waals surface area contributed by atoms with Crippen molar-refractivity contribution in [3.05, 3.63) is 46.6 Å². The molecule has 0 fully saturated rings.